The third-order valence-corrected chi connectivity index (χ3v) is 3.77. The van der Waals surface area contributed by atoms with E-state index in [0.717, 1.165) is 6.42 Å². The van der Waals surface area contributed by atoms with Crippen LogP contribution in [0.25, 0.3) is 0 Å². The molecule has 1 heterocycles. The molecule has 1 saturated heterocycles. The Morgan fingerprint density at radius 2 is 2.00 bits per heavy atom. The number of methoxy groups -OCH3 is 1. The van der Waals surface area contributed by atoms with Gasteiger partial charge in [0.15, 0.2) is 0 Å². The normalized spacial score (nSPS) is 30.9. The van der Waals surface area contributed by atoms with Crippen molar-refractivity contribution < 1.29 is 19.0 Å². The monoisotopic (exact) mass is 293 g/mol. The van der Waals surface area contributed by atoms with E-state index in [1.165, 1.54) is 5.56 Å². The lowest BCUT2D eigenvalue weighted by Gasteiger charge is -2.29. The summed E-state index contributed by atoms with van der Waals surface area (Å²) in [6, 6.07) is 9.41. The van der Waals surface area contributed by atoms with Gasteiger partial charge in [0.1, 0.15) is 12.1 Å². The first-order valence-corrected chi connectivity index (χ1v) is 7.22. The van der Waals surface area contributed by atoms with Crippen molar-refractivity contribution in [3.63, 3.8) is 0 Å². The summed E-state index contributed by atoms with van der Waals surface area (Å²) >= 11 is 0. The van der Waals surface area contributed by atoms with E-state index < -0.39 is 12.0 Å². The van der Waals surface area contributed by atoms with E-state index in [2.05, 4.69) is 12.1 Å². The highest BCUT2D eigenvalue weighted by Gasteiger charge is 2.33. The SMILES string of the molecule is CO[C@@H]1[C@@H](Cc2ccccc2)COC[C@H](N)C(=O)O[C@H]1C. The summed E-state index contributed by atoms with van der Waals surface area (Å²) in [6.45, 7) is 2.50. The Morgan fingerprint density at radius 1 is 1.29 bits per heavy atom. The molecule has 2 N–H and O–H groups in total. The zero-order valence-corrected chi connectivity index (χ0v) is 12.5. The molecule has 0 radical (unpaired) electrons. The molecule has 5 nitrogen and oxygen atoms in total. The molecule has 0 bridgehead atoms. The maximum Gasteiger partial charge on any atom is 0.325 e. The molecule has 0 aromatic heterocycles. The fourth-order valence-electron chi connectivity index (χ4n) is 2.71. The van der Waals surface area contributed by atoms with Crippen molar-refractivity contribution in [3.05, 3.63) is 35.9 Å². The van der Waals surface area contributed by atoms with Crippen LogP contribution in [0.1, 0.15) is 12.5 Å². The van der Waals surface area contributed by atoms with Gasteiger partial charge >= 0.3 is 5.97 Å². The predicted molar refractivity (Wildman–Crippen MR) is 78.8 cm³/mol. The highest BCUT2D eigenvalue weighted by molar-refractivity contribution is 5.75. The van der Waals surface area contributed by atoms with Gasteiger partial charge in [0, 0.05) is 13.0 Å². The molecular formula is C16H23NO4. The lowest BCUT2D eigenvalue weighted by atomic mass is 9.92. The van der Waals surface area contributed by atoms with Crippen molar-refractivity contribution in [3.8, 4) is 0 Å². The summed E-state index contributed by atoms with van der Waals surface area (Å²) < 4.78 is 16.5. The minimum atomic E-state index is -0.736. The molecule has 1 aromatic rings. The Kier molecular flexibility index (Phi) is 5.73. The highest BCUT2D eigenvalue weighted by atomic mass is 16.6. The first-order valence-electron chi connectivity index (χ1n) is 7.22. The lowest BCUT2D eigenvalue weighted by Crippen LogP contribution is -2.41. The summed E-state index contributed by atoms with van der Waals surface area (Å²) in [7, 11) is 1.63. The largest absolute Gasteiger partial charge is 0.459 e. The molecule has 0 unspecified atom stereocenters. The molecule has 1 aliphatic rings. The molecule has 5 heteroatoms. The van der Waals surface area contributed by atoms with Gasteiger partial charge < -0.3 is 19.9 Å². The standard InChI is InChI=1S/C16H23NO4/c1-11-15(19-2)13(8-12-6-4-3-5-7-12)9-20-10-14(17)16(18)21-11/h3-7,11,13-15H,8-10,17H2,1-2H3/t11-,13-,14-,15-/m0/s1. The van der Waals surface area contributed by atoms with Crippen LogP contribution in [0.2, 0.25) is 0 Å². The number of carbonyl (C=O) groups excluding carboxylic acids is 1. The number of carbonyl (C=O) groups is 1. The number of rotatable bonds is 3. The highest BCUT2D eigenvalue weighted by Crippen LogP contribution is 2.21. The van der Waals surface area contributed by atoms with Crippen LogP contribution in [0.5, 0.6) is 0 Å². The molecule has 4 atom stereocenters. The molecule has 1 aliphatic heterocycles. The van der Waals surface area contributed by atoms with Crippen LogP contribution in [0, 0.1) is 5.92 Å². The summed E-state index contributed by atoms with van der Waals surface area (Å²) in [5.74, 6) is -0.338. The Balaban J connectivity index is 2.14. The molecule has 1 aromatic carbocycles. The van der Waals surface area contributed by atoms with Crippen molar-refractivity contribution >= 4 is 5.97 Å². The van der Waals surface area contributed by atoms with Crippen LogP contribution < -0.4 is 5.73 Å². The number of cyclic esters (lactones) is 1. The average molecular weight is 293 g/mol. The van der Waals surface area contributed by atoms with Gasteiger partial charge in [-0.2, -0.15) is 0 Å². The van der Waals surface area contributed by atoms with E-state index in [-0.39, 0.29) is 24.7 Å². The number of nitrogens with two attached hydrogens (primary N) is 1. The van der Waals surface area contributed by atoms with E-state index in [9.17, 15) is 4.79 Å². The van der Waals surface area contributed by atoms with Crippen LogP contribution in [-0.4, -0.2) is 44.5 Å². The lowest BCUT2D eigenvalue weighted by molar-refractivity contribution is -0.157. The minimum Gasteiger partial charge on any atom is -0.459 e. The number of benzene rings is 1. The molecule has 0 spiro atoms. The molecule has 0 saturated carbocycles. The molecule has 0 amide bonds. The van der Waals surface area contributed by atoms with Crippen LogP contribution in [0.15, 0.2) is 30.3 Å². The minimum absolute atomic E-state index is 0.102. The number of ether oxygens (including phenoxy) is 3. The summed E-state index contributed by atoms with van der Waals surface area (Å²) in [6.07, 6.45) is 0.222. The van der Waals surface area contributed by atoms with Crippen molar-refractivity contribution in [2.45, 2.75) is 31.6 Å². The third kappa shape index (κ3) is 4.27. The van der Waals surface area contributed by atoms with Gasteiger partial charge in [-0.05, 0) is 18.9 Å². The van der Waals surface area contributed by atoms with Crippen LogP contribution in [0.4, 0.5) is 0 Å². The summed E-state index contributed by atoms with van der Waals surface area (Å²) in [5, 5.41) is 0. The van der Waals surface area contributed by atoms with E-state index in [4.69, 9.17) is 19.9 Å². The topological polar surface area (TPSA) is 70.8 Å². The molecule has 0 aliphatic carbocycles. The second-order valence-electron chi connectivity index (χ2n) is 5.44. The van der Waals surface area contributed by atoms with Gasteiger partial charge in [-0.3, -0.25) is 4.79 Å². The van der Waals surface area contributed by atoms with Gasteiger partial charge in [-0.15, -0.1) is 0 Å². The zero-order valence-electron chi connectivity index (χ0n) is 12.5. The van der Waals surface area contributed by atoms with Crippen LogP contribution in [-0.2, 0) is 25.4 Å². The van der Waals surface area contributed by atoms with Crippen LogP contribution in [0.3, 0.4) is 0 Å². The Labute approximate surface area is 125 Å². The first-order chi connectivity index (χ1) is 10.1. The van der Waals surface area contributed by atoms with E-state index in [1.807, 2.05) is 25.1 Å². The molecule has 21 heavy (non-hydrogen) atoms. The second kappa shape index (κ2) is 7.54. The van der Waals surface area contributed by atoms with E-state index in [1.54, 1.807) is 7.11 Å². The van der Waals surface area contributed by atoms with Gasteiger partial charge in [0.25, 0.3) is 0 Å². The maximum atomic E-state index is 11.8. The summed E-state index contributed by atoms with van der Waals surface area (Å²) in [5.41, 5.74) is 6.93. The van der Waals surface area contributed by atoms with Gasteiger partial charge in [0.2, 0.25) is 0 Å². The Hall–Kier alpha value is -1.43. The van der Waals surface area contributed by atoms with Crippen LogP contribution >= 0.6 is 0 Å². The van der Waals surface area contributed by atoms with Crippen molar-refractivity contribution in [1.82, 2.24) is 0 Å². The average Bonchev–Trinajstić information content (AvgIpc) is 2.52. The fourth-order valence-corrected chi connectivity index (χ4v) is 2.71. The van der Waals surface area contributed by atoms with E-state index in [0.29, 0.717) is 6.61 Å². The molecule has 2 rings (SSSR count). The quantitative estimate of drug-likeness (QED) is 0.847. The third-order valence-electron chi connectivity index (χ3n) is 3.77. The number of hydrogen-bond acceptors (Lipinski definition) is 5. The number of hydrogen-bond donors (Lipinski definition) is 1. The van der Waals surface area contributed by atoms with Crippen molar-refractivity contribution in [2.75, 3.05) is 20.3 Å². The second-order valence-corrected chi connectivity index (χ2v) is 5.44. The Morgan fingerprint density at radius 3 is 2.67 bits per heavy atom. The zero-order chi connectivity index (χ0) is 15.2. The van der Waals surface area contributed by atoms with Gasteiger partial charge in [-0.25, -0.2) is 0 Å². The molecule has 116 valence electrons. The van der Waals surface area contributed by atoms with Crippen molar-refractivity contribution in [2.24, 2.45) is 11.7 Å². The van der Waals surface area contributed by atoms with Crippen molar-refractivity contribution in [1.29, 1.82) is 0 Å². The van der Waals surface area contributed by atoms with Gasteiger partial charge in [0.05, 0.1) is 19.3 Å². The van der Waals surface area contributed by atoms with Gasteiger partial charge in [-0.1, -0.05) is 30.3 Å². The smallest absolute Gasteiger partial charge is 0.325 e. The summed E-state index contributed by atoms with van der Waals surface area (Å²) in [4.78, 5) is 11.8. The predicted octanol–water partition coefficient (Wildman–Crippen LogP) is 1.15. The Bertz CT molecular complexity index is 451. The fraction of sp³-hybridized carbons (Fsp3) is 0.562. The maximum absolute atomic E-state index is 11.8. The molecular weight excluding hydrogens is 270 g/mol. The van der Waals surface area contributed by atoms with E-state index >= 15 is 0 Å². The molecule has 1 fully saturated rings. The first kappa shape index (κ1) is 15.9. The number of esters is 1.